The number of rotatable bonds is 4. The van der Waals surface area contributed by atoms with Crippen molar-refractivity contribution in [3.8, 4) is 0 Å². The molecule has 0 saturated heterocycles. The summed E-state index contributed by atoms with van der Waals surface area (Å²) in [6.45, 7) is 0.0756. The molecule has 1 aromatic rings. The van der Waals surface area contributed by atoms with Crippen LogP contribution in [0.4, 0.5) is 16.2 Å². The fourth-order valence-corrected chi connectivity index (χ4v) is 1.33. The van der Waals surface area contributed by atoms with Crippen LogP contribution in [0.2, 0.25) is 0 Å². The summed E-state index contributed by atoms with van der Waals surface area (Å²) < 4.78 is 34.6. The Labute approximate surface area is 86.6 Å². The molecule has 1 heterocycles. The second-order valence-corrected chi connectivity index (χ2v) is 5.24. The van der Waals surface area contributed by atoms with E-state index in [1.165, 1.54) is 0 Å². The van der Waals surface area contributed by atoms with Gasteiger partial charge in [0, 0.05) is 12.8 Å². The third kappa shape index (κ3) is 4.07. The van der Waals surface area contributed by atoms with E-state index < -0.39 is 15.7 Å². The second-order valence-electron chi connectivity index (χ2n) is 2.98. The highest BCUT2D eigenvalue weighted by atomic mass is 32.2. The lowest BCUT2D eigenvalue weighted by Crippen LogP contribution is -2.16. The van der Waals surface area contributed by atoms with Gasteiger partial charge in [0.05, 0.1) is 11.9 Å². The number of nitrogen functional groups attached to an aromatic ring is 1. The summed E-state index contributed by atoms with van der Waals surface area (Å²) in [6.07, 6.45) is 2.02. The topological polar surface area (TPSA) is 98.0 Å². The molecule has 0 aromatic carbocycles. The van der Waals surface area contributed by atoms with E-state index in [2.05, 4.69) is 15.3 Å². The van der Waals surface area contributed by atoms with Crippen molar-refractivity contribution < 1.29 is 12.8 Å². The van der Waals surface area contributed by atoms with Crippen molar-refractivity contribution >= 4 is 21.6 Å². The Morgan fingerprint density at radius 1 is 1.60 bits per heavy atom. The molecule has 0 bridgehead atoms. The Balaban J connectivity index is 2.61. The quantitative estimate of drug-likeness (QED) is 0.739. The highest BCUT2D eigenvalue weighted by Gasteiger charge is 2.06. The first-order valence-corrected chi connectivity index (χ1v) is 6.14. The van der Waals surface area contributed by atoms with Gasteiger partial charge < -0.3 is 11.1 Å². The van der Waals surface area contributed by atoms with Gasteiger partial charge >= 0.3 is 0 Å². The van der Waals surface area contributed by atoms with Crippen LogP contribution in [0.15, 0.2) is 6.20 Å². The summed E-state index contributed by atoms with van der Waals surface area (Å²) in [7, 11) is -3.08. The molecule has 0 spiro atoms. The highest BCUT2D eigenvalue weighted by Crippen LogP contribution is 2.09. The van der Waals surface area contributed by atoms with Gasteiger partial charge in [-0.3, -0.25) is 0 Å². The van der Waals surface area contributed by atoms with E-state index in [0.717, 1.165) is 12.5 Å². The van der Waals surface area contributed by atoms with Crippen LogP contribution in [-0.2, 0) is 9.84 Å². The van der Waals surface area contributed by atoms with Gasteiger partial charge in [-0.25, -0.2) is 17.8 Å². The number of nitrogens with zero attached hydrogens (tertiary/aromatic N) is 2. The zero-order chi connectivity index (χ0) is 11.5. The van der Waals surface area contributed by atoms with Gasteiger partial charge in [0.2, 0.25) is 5.95 Å². The Hall–Kier alpha value is -1.44. The average molecular weight is 234 g/mol. The molecular weight excluding hydrogens is 223 g/mol. The molecule has 1 aromatic heterocycles. The van der Waals surface area contributed by atoms with E-state index >= 15 is 0 Å². The minimum atomic E-state index is -3.08. The molecule has 6 nitrogen and oxygen atoms in total. The number of halogens is 1. The van der Waals surface area contributed by atoms with E-state index in [0.29, 0.717) is 0 Å². The van der Waals surface area contributed by atoms with Crippen molar-refractivity contribution in [3.63, 3.8) is 0 Å². The number of nitrogens with two attached hydrogens (primary N) is 1. The summed E-state index contributed by atoms with van der Waals surface area (Å²) in [4.78, 5) is 7.01. The van der Waals surface area contributed by atoms with Gasteiger partial charge in [-0.05, 0) is 0 Å². The Morgan fingerprint density at radius 2 is 2.27 bits per heavy atom. The molecular formula is C7H11FN4O2S. The van der Waals surface area contributed by atoms with E-state index in [4.69, 9.17) is 5.73 Å². The van der Waals surface area contributed by atoms with Gasteiger partial charge in [0.25, 0.3) is 0 Å². The molecule has 0 aliphatic rings. The minimum Gasteiger partial charge on any atom is -0.368 e. The van der Waals surface area contributed by atoms with E-state index in [1.807, 2.05) is 0 Å². The zero-order valence-electron chi connectivity index (χ0n) is 8.07. The lowest BCUT2D eigenvalue weighted by Gasteiger charge is -2.05. The van der Waals surface area contributed by atoms with Gasteiger partial charge in [-0.2, -0.15) is 4.98 Å². The first-order chi connectivity index (χ1) is 6.88. The summed E-state index contributed by atoms with van der Waals surface area (Å²) in [5.74, 6) is -0.932. The number of sulfone groups is 1. The molecule has 15 heavy (non-hydrogen) atoms. The van der Waals surface area contributed by atoms with E-state index in [-0.39, 0.29) is 24.1 Å². The molecule has 0 aliphatic carbocycles. The van der Waals surface area contributed by atoms with Crippen LogP contribution in [0.5, 0.6) is 0 Å². The second kappa shape index (κ2) is 4.39. The van der Waals surface area contributed by atoms with Crippen molar-refractivity contribution in [2.24, 2.45) is 0 Å². The van der Waals surface area contributed by atoms with Gasteiger partial charge in [0.1, 0.15) is 9.84 Å². The van der Waals surface area contributed by atoms with Crippen LogP contribution in [0.1, 0.15) is 0 Å². The van der Waals surface area contributed by atoms with Crippen molar-refractivity contribution in [3.05, 3.63) is 12.0 Å². The van der Waals surface area contributed by atoms with Crippen LogP contribution in [0, 0.1) is 5.82 Å². The molecule has 0 atom stereocenters. The van der Waals surface area contributed by atoms with Crippen molar-refractivity contribution in [2.75, 3.05) is 29.6 Å². The summed E-state index contributed by atoms with van der Waals surface area (Å²) in [5.41, 5.74) is 5.24. The fraction of sp³-hybridized carbons (Fsp3) is 0.429. The lowest BCUT2D eigenvalue weighted by molar-refractivity contribution is 0.601. The first-order valence-electron chi connectivity index (χ1n) is 4.08. The average Bonchev–Trinajstić information content (AvgIpc) is 2.09. The minimum absolute atomic E-state index is 0.0711. The molecule has 0 fully saturated rings. The third-order valence-electron chi connectivity index (χ3n) is 1.53. The number of aromatic nitrogens is 2. The largest absolute Gasteiger partial charge is 0.368 e. The van der Waals surface area contributed by atoms with Crippen LogP contribution >= 0.6 is 0 Å². The molecule has 0 saturated carbocycles. The molecule has 0 unspecified atom stereocenters. The van der Waals surface area contributed by atoms with Crippen LogP contribution in [0.3, 0.4) is 0 Å². The third-order valence-corrected chi connectivity index (χ3v) is 2.47. The van der Waals surface area contributed by atoms with Crippen molar-refractivity contribution in [1.82, 2.24) is 9.97 Å². The first kappa shape index (κ1) is 11.6. The predicted molar refractivity (Wildman–Crippen MR) is 54.6 cm³/mol. The zero-order valence-corrected chi connectivity index (χ0v) is 8.88. The normalized spacial score (nSPS) is 11.3. The number of hydrogen-bond acceptors (Lipinski definition) is 6. The Kier molecular flexibility index (Phi) is 3.40. The molecule has 8 heteroatoms. The van der Waals surface area contributed by atoms with Gasteiger partial charge in [-0.15, -0.1) is 0 Å². The molecule has 1 rings (SSSR count). The maximum absolute atomic E-state index is 13.0. The maximum Gasteiger partial charge on any atom is 0.222 e. The van der Waals surface area contributed by atoms with Crippen molar-refractivity contribution in [2.45, 2.75) is 0 Å². The van der Waals surface area contributed by atoms with Gasteiger partial charge in [-0.1, -0.05) is 0 Å². The summed E-state index contributed by atoms with van der Waals surface area (Å²) >= 11 is 0. The maximum atomic E-state index is 13.0. The number of hydrogen-bond donors (Lipinski definition) is 2. The Bertz CT molecular complexity index is 448. The van der Waals surface area contributed by atoms with Gasteiger partial charge in [0.15, 0.2) is 11.6 Å². The van der Waals surface area contributed by atoms with Crippen LogP contribution in [-0.4, -0.2) is 36.9 Å². The molecule has 84 valence electrons. The predicted octanol–water partition coefficient (Wildman–Crippen LogP) is -0.346. The fourth-order valence-electron chi connectivity index (χ4n) is 0.860. The number of nitrogens with one attached hydrogen (secondary N) is 1. The molecule has 0 amide bonds. The lowest BCUT2D eigenvalue weighted by atomic mass is 10.5. The standard InChI is InChI=1S/C7H11FN4O2S/c1-15(13,14)3-2-10-6-5(8)4-11-7(9)12-6/h4H,2-3H2,1H3,(H3,9,10,11,12). The molecule has 0 aliphatic heterocycles. The van der Waals surface area contributed by atoms with E-state index in [1.54, 1.807) is 0 Å². The smallest absolute Gasteiger partial charge is 0.222 e. The summed E-state index contributed by atoms with van der Waals surface area (Å²) in [6, 6.07) is 0. The SMILES string of the molecule is CS(=O)(=O)CCNc1nc(N)ncc1F. The van der Waals surface area contributed by atoms with Crippen LogP contribution < -0.4 is 11.1 Å². The number of anilines is 2. The monoisotopic (exact) mass is 234 g/mol. The molecule has 3 N–H and O–H groups in total. The van der Waals surface area contributed by atoms with Crippen LogP contribution in [0.25, 0.3) is 0 Å². The summed E-state index contributed by atoms with van der Waals surface area (Å²) in [5, 5.41) is 2.53. The molecule has 0 radical (unpaired) electrons. The Morgan fingerprint density at radius 3 is 2.87 bits per heavy atom. The van der Waals surface area contributed by atoms with E-state index in [9.17, 15) is 12.8 Å². The van der Waals surface area contributed by atoms with Crippen molar-refractivity contribution in [1.29, 1.82) is 0 Å². The highest BCUT2D eigenvalue weighted by molar-refractivity contribution is 7.90.